The van der Waals surface area contributed by atoms with Crippen LogP contribution in [0, 0.1) is 25.7 Å². The van der Waals surface area contributed by atoms with E-state index in [-0.39, 0.29) is 0 Å². The van der Waals surface area contributed by atoms with Gasteiger partial charge >= 0.3 is 0 Å². The second-order valence-corrected chi connectivity index (χ2v) is 7.49. The molecule has 134 valence electrons. The molecule has 0 aliphatic rings. The lowest BCUT2D eigenvalue weighted by Gasteiger charge is -2.07. The van der Waals surface area contributed by atoms with Crippen LogP contribution in [0.1, 0.15) is 22.6 Å². The minimum Gasteiger partial charge on any atom is -0.299 e. The fraction of sp³-hybridized carbons (Fsp3) is 0.0870. The van der Waals surface area contributed by atoms with Crippen LogP contribution in [0.25, 0.3) is 27.1 Å². The fourth-order valence-corrected chi connectivity index (χ4v) is 4.06. The summed E-state index contributed by atoms with van der Waals surface area (Å²) in [6, 6.07) is 16.2. The second-order valence-electron chi connectivity index (χ2n) is 6.61. The summed E-state index contributed by atoms with van der Waals surface area (Å²) >= 11 is 1.62. The average Bonchev–Trinajstić information content (AvgIpc) is 3.29. The van der Waals surface area contributed by atoms with E-state index in [1.54, 1.807) is 11.3 Å². The molecule has 0 N–H and O–H groups in total. The van der Waals surface area contributed by atoms with E-state index >= 15 is 0 Å². The van der Waals surface area contributed by atoms with Gasteiger partial charge in [-0.05, 0) is 62.2 Å². The van der Waals surface area contributed by atoms with Gasteiger partial charge in [-0.3, -0.25) is 4.40 Å². The summed E-state index contributed by atoms with van der Waals surface area (Å²) in [6.45, 7) is 4.01. The molecule has 0 atom stereocenters. The Morgan fingerprint density at radius 3 is 2.82 bits per heavy atom. The Balaban J connectivity index is 1.67. The third-order valence-corrected chi connectivity index (χ3v) is 5.44. The monoisotopic (exact) mass is 380 g/mol. The van der Waals surface area contributed by atoms with Crippen molar-refractivity contribution in [1.82, 2.24) is 19.4 Å². The summed E-state index contributed by atoms with van der Waals surface area (Å²) in [6.07, 6.45) is 2.03. The summed E-state index contributed by atoms with van der Waals surface area (Å²) in [5.74, 6) is 6.57. The number of fused-ring (bicyclic) bond motifs is 2. The van der Waals surface area contributed by atoms with Crippen molar-refractivity contribution in [2.24, 2.45) is 0 Å². The summed E-state index contributed by atoms with van der Waals surface area (Å²) in [5, 5.41) is 0. The number of hydrogen-bond donors (Lipinski definition) is 0. The van der Waals surface area contributed by atoms with Gasteiger partial charge in [-0.25, -0.2) is 15.0 Å². The number of aromatic nitrogens is 4. The molecule has 5 heteroatoms. The van der Waals surface area contributed by atoms with Crippen LogP contribution in [0.2, 0.25) is 0 Å². The van der Waals surface area contributed by atoms with E-state index in [9.17, 15) is 0 Å². The molecule has 5 rings (SSSR count). The average molecular weight is 380 g/mol. The van der Waals surface area contributed by atoms with Gasteiger partial charge < -0.3 is 0 Å². The Morgan fingerprint density at radius 2 is 1.89 bits per heavy atom. The van der Waals surface area contributed by atoms with Gasteiger partial charge in [-0.2, -0.15) is 0 Å². The highest BCUT2D eigenvalue weighted by atomic mass is 32.1. The summed E-state index contributed by atoms with van der Waals surface area (Å²) in [5.41, 5.74) is 9.44. The molecule has 0 spiro atoms. The molecular formula is C23H16N4S. The van der Waals surface area contributed by atoms with Crippen LogP contribution >= 0.6 is 11.3 Å². The Labute approximate surface area is 166 Å². The van der Waals surface area contributed by atoms with Crippen LogP contribution in [-0.4, -0.2) is 19.4 Å². The third-order valence-electron chi connectivity index (χ3n) is 4.65. The SMILES string of the molecule is Cc1ccc(-c2c(C)nc3ccccn23)c(C#Cc2ccc3ncsc3c2)n1. The van der Waals surface area contributed by atoms with Gasteiger partial charge in [-0.15, -0.1) is 11.3 Å². The lowest BCUT2D eigenvalue weighted by atomic mass is 10.1. The molecule has 4 heterocycles. The number of benzene rings is 1. The maximum atomic E-state index is 4.72. The van der Waals surface area contributed by atoms with Crippen molar-refractivity contribution < 1.29 is 0 Å². The molecule has 28 heavy (non-hydrogen) atoms. The van der Waals surface area contributed by atoms with E-state index in [4.69, 9.17) is 4.98 Å². The molecule has 0 aliphatic heterocycles. The zero-order valence-electron chi connectivity index (χ0n) is 15.5. The van der Waals surface area contributed by atoms with Gasteiger partial charge in [0.1, 0.15) is 11.3 Å². The van der Waals surface area contributed by atoms with Crippen molar-refractivity contribution in [3.05, 3.63) is 82.9 Å². The lowest BCUT2D eigenvalue weighted by Crippen LogP contribution is -1.96. The van der Waals surface area contributed by atoms with Crippen molar-refractivity contribution in [2.75, 3.05) is 0 Å². The van der Waals surface area contributed by atoms with Crippen molar-refractivity contribution in [3.63, 3.8) is 0 Å². The Bertz CT molecular complexity index is 1400. The molecule has 0 amide bonds. The van der Waals surface area contributed by atoms with Crippen LogP contribution in [-0.2, 0) is 0 Å². The molecule has 0 saturated heterocycles. The van der Waals surface area contributed by atoms with E-state index in [2.05, 4.69) is 38.3 Å². The van der Waals surface area contributed by atoms with Gasteiger partial charge in [0.15, 0.2) is 0 Å². The normalized spacial score (nSPS) is 10.9. The highest BCUT2D eigenvalue weighted by Gasteiger charge is 2.14. The largest absolute Gasteiger partial charge is 0.299 e. The smallest absolute Gasteiger partial charge is 0.137 e. The number of hydrogen-bond acceptors (Lipinski definition) is 4. The highest BCUT2D eigenvalue weighted by Crippen LogP contribution is 2.27. The van der Waals surface area contributed by atoms with E-state index < -0.39 is 0 Å². The fourth-order valence-electron chi connectivity index (χ4n) is 3.35. The van der Waals surface area contributed by atoms with Crippen LogP contribution in [0.15, 0.2) is 60.2 Å². The first-order valence-corrected chi connectivity index (χ1v) is 9.84. The number of pyridine rings is 2. The van der Waals surface area contributed by atoms with Crippen LogP contribution in [0.5, 0.6) is 0 Å². The molecule has 4 aromatic heterocycles. The third kappa shape index (κ3) is 2.84. The minimum atomic E-state index is 0.762. The molecule has 0 unspecified atom stereocenters. The standard InChI is InChI=1S/C23H16N4S/c1-15-6-9-18(23-16(2)26-22-5-3-4-12-27(22)23)19(25-15)10-7-17-8-11-20-21(13-17)28-14-24-20/h3-6,8-9,11-14H,1-2H3. The van der Waals surface area contributed by atoms with Gasteiger partial charge in [0.05, 0.1) is 27.1 Å². The predicted molar refractivity (Wildman–Crippen MR) is 113 cm³/mol. The molecule has 5 aromatic rings. The Morgan fingerprint density at radius 1 is 0.964 bits per heavy atom. The molecule has 0 saturated carbocycles. The number of imidazole rings is 1. The first kappa shape index (κ1) is 16.7. The maximum absolute atomic E-state index is 4.72. The van der Waals surface area contributed by atoms with E-state index in [1.165, 1.54) is 0 Å². The Hall–Kier alpha value is -3.49. The van der Waals surface area contributed by atoms with Gasteiger partial charge in [0.25, 0.3) is 0 Å². The van der Waals surface area contributed by atoms with Crippen LogP contribution in [0.3, 0.4) is 0 Å². The van der Waals surface area contributed by atoms with Gasteiger partial charge in [0, 0.05) is 23.0 Å². The lowest BCUT2D eigenvalue weighted by molar-refractivity contribution is 1.14. The molecule has 0 aliphatic carbocycles. The molecule has 0 bridgehead atoms. The highest BCUT2D eigenvalue weighted by molar-refractivity contribution is 7.16. The summed E-state index contributed by atoms with van der Waals surface area (Å²) in [4.78, 5) is 13.7. The van der Waals surface area contributed by atoms with Crippen molar-refractivity contribution >= 4 is 27.2 Å². The Kier molecular flexibility index (Phi) is 3.92. The van der Waals surface area contributed by atoms with Crippen LogP contribution in [0.4, 0.5) is 0 Å². The van der Waals surface area contributed by atoms with Gasteiger partial charge in [-0.1, -0.05) is 12.0 Å². The number of rotatable bonds is 1. The topological polar surface area (TPSA) is 43.1 Å². The number of nitrogens with zero attached hydrogens (tertiary/aromatic N) is 4. The van der Waals surface area contributed by atoms with Crippen molar-refractivity contribution in [1.29, 1.82) is 0 Å². The molecule has 1 aromatic carbocycles. The first-order chi connectivity index (χ1) is 13.7. The first-order valence-electron chi connectivity index (χ1n) is 8.96. The maximum Gasteiger partial charge on any atom is 0.137 e. The number of aryl methyl sites for hydroxylation is 2. The van der Waals surface area contributed by atoms with E-state index in [1.807, 2.05) is 62.0 Å². The van der Waals surface area contributed by atoms with Gasteiger partial charge in [0.2, 0.25) is 0 Å². The zero-order valence-corrected chi connectivity index (χ0v) is 16.3. The second kappa shape index (κ2) is 6.59. The van der Waals surface area contributed by atoms with Crippen molar-refractivity contribution in [3.8, 4) is 23.1 Å². The predicted octanol–water partition coefficient (Wildman–Crippen LogP) is 5.02. The molecule has 0 radical (unpaired) electrons. The van der Waals surface area contributed by atoms with E-state index in [0.29, 0.717) is 0 Å². The zero-order chi connectivity index (χ0) is 19.1. The molecule has 4 nitrogen and oxygen atoms in total. The summed E-state index contributed by atoms with van der Waals surface area (Å²) < 4.78 is 3.23. The molecule has 0 fully saturated rings. The minimum absolute atomic E-state index is 0.762. The van der Waals surface area contributed by atoms with Crippen LogP contribution < -0.4 is 0 Å². The summed E-state index contributed by atoms with van der Waals surface area (Å²) in [7, 11) is 0. The number of thiazole rings is 1. The van der Waals surface area contributed by atoms with E-state index in [0.717, 1.165) is 49.8 Å². The molecular weight excluding hydrogens is 364 g/mol. The van der Waals surface area contributed by atoms with Crippen molar-refractivity contribution in [2.45, 2.75) is 13.8 Å². The quantitative estimate of drug-likeness (QED) is 0.383.